The Morgan fingerprint density at radius 2 is 1.58 bits per heavy atom. The van der Waals surface area contributed by atoms with Gasteiger partial charge < -0.3 is 4.90 Å². The van der Waals surface area contributed by atoms with Gasteiger partial charge in [-0.3, -0.25) is 4.90 Å². The van der Waals surface area contributed by atoms with Gasteiger partial charge in [0.25, 0.3) is 0 Å². The van der Waals surface area contributed by atoms with E-state index in [1.807, 2.05) is 6.92 Å². The van der Waals surface area contributed by atoms with E-state index in [4.69, 9.17) is 0 Å². The zero-order valence-corrected chi connectivity index (χ0v) is 13.0. The molecule has 0 aromatic rings. The third-order valence-corrected chi connectivity index (χ3v) is 6.41. The van der Waals surface area contributed by atoms with E-state index in [0.717, 1.165) is 13.1 Å². The maximum atomic E-state index is 12.0. The lowest BCUT2D eigenvalue weighted by Gasteiger charge is -2.41. The van der Waals surface area contributed by atoms with Gasteiger partial charge >= 0.3 is 0 Å². The topological polar surface area (TPSA) is 43.9 Å². The standard InChI is InChI=1S/C13H27N3O2S/c1-3-12-19(17,18)16-10-8-15(9-11-16)13-4-6-14(2)7-5-13/h13H,3-12H2,1-2H3. The van der Waals surface area contributed by atoms with Crippen molar-refractivity contribution in [3.63, 3.8) is 0 Å². The van der Waals surface area contributed by atoms with E-state index in [2.05, 4.69) is 16.8 Å². The van der Waals surface area contributed by atoms with Crippen molar-refractivity contribution in [2.75, 3.05) is 52.1 Å². The molecule has 0 aromatic carbocycles. The van der Waals surface area contributed by atoms with Gasteiger partial charge in [0.1, 0.15) is 0 Å². The van der Waals surface area contributed by atoms with E-state index < -0.39 is 10.0 Å². The van der Waals surface area contributed by atoms with Gasteiger partial charge in [-0.2, -0.15) is 4.31 Å². The molecular weight excluding hydrogens is 262 g/mol. The minimum Gasteiger partial charge on any atom is -0.306 e. The normalized spacial score (nSPS) is 25.8. The molecule has 0 aromatic heterocycles. The number of rotatable bonds is 4. The Balaban J connectivity index is 1.82. The number of piperazine rings is 1. The van der Waals surface area contributed by atoms with Crippen molar-refractivity contribution in [2.45, 2.75) is 32.2 Å². The van der Waals surface area contributed by atoms with E-state index >= 15 is 0 Å². The van der Waals surface area contributed by atoms with Crippen molar-refractivity contribution in [3.05, 3.63) is 0 Å². The average Bonchev–Trinajstić information content (AvgIpc) is 2.40. The molecule has 0 aliphatic carbocycles. The average molecular weight is 289 g/mol. The molecule has 0 unspecified atom stereocenters. The predicted molar refractivity (Wildman–Crippen MR) is 77.7 cm³/mol. The van der Waals surface area contributed by atoms with Crippen LogP contribution in [0.2, 0.25) is 0 Å². The van der Waals surface area contributed by atoms with Crippen molar-refractivity contribution >= 4 is 10.0 Å². The van der Waals surface area contributed by atoms with Crippen LogP contribution >= 0.6 is 0 Å². The highest BCUT2D eigenvalue weighted by atomic mass is 32.2. The molecular formula is C13H27N3O2S. The number of piperidine rings is 1. The SMILES string of the molecule is CCCS(=O)(=O)N1CCN(C2CCN(C)CC2)CC1. The van der Waals surface area contributed by atoms with Crippen molar-refractivity contribution in [3.8, 4) is 0 Å². The molecule has 5 nitrogen and oxygen atoms in total. The van der Waals surface area contributed by atoms with Crippen LogP contribution in [0.5, 0.6) is 0 Å². The lowest BCUT2D eigenvalue weighted by atomic mass is 10.0. The maximum Gasteiger partial charge on any atom is 0.214 e. The number of nitrogens with zero attached hydrogens (tertiary/aromatic N) is 3. The van der Waals surface area contributed by atoms with Crippen molar-refractivity contribution < 1.29 is 8.42 Å². The molecule has 0 radical (unpaired) electrons. The summed E-state index contributed by atoms with van der Waals surface area (Å²) in [6, 6.07) is 0.659. The molecule has 6 heteroatoms. The molecule has 2 aliphatic rings. The second-order valence-electron chi connectivity index (χ2n) is 5.79. The first-order chi connectivity index (χ1) is 9.03. The molecule has 112 valence electrons. The number of likely N-dealkylation sites (tertiary alicyclic amines) is 1. The molecule has 2 aliphatic heterocycles. The van der Waals surface area contributed by atoms with Crippen LogP contribution in [0.3, 0.4) is 0 Å². The van der Waals surface area contributed by atoms with Crippen LogP contribution in [0.4, 0.5) is 0 Å². The summed E-state index contributed by atoms with van der Waals surface area (Å²) in [6.45, 7) is 7.41. The maximum absolute atomic E-state index is 12.0. The third kappa shape index (κ3) is 3.90. The van der Waals surface area contributed by atoms with Crippen molar-refractivity contribution in [2.24, 2.45) is 0 Å². The minimum absolute atomic E-state index is 0.293. The van der Waals surface area contributed by atoms with E-state index in [1.54, 1.807) is 4.31 Å². The van der Waals surface area contributed by atoms with Gasteiger partial charge in [-0.1, -0.05) is 6.92 Å². The van der Waals surface area contributed by atoms with Crippen LogP contribution in [0, 0.1) is 0 Å². The van der Waals surface area contributed by atoms with E-state index in [-0.39, 0.29) is 0 Å². The smallest absolute Gasteiger partial charge is 0.214 e. The van der Waals surface area contributed by atoms with Gasteiger partial charge in [-0.25, -0.2) is 8.42 Å². The molecule has 2 rings (SSSR count). The highest BCUT2D eigenvalue weighted by Crippen LogP contribution is 2.18. The zero-order valence-electron chi connectivity index (χ0n) is 12.2. The molecule has 19 heavy (non-hydrogen) atoms. The zero-order chi connectivity index (χ0) is 13.9. The summed E-state index contributed by atoms with van der Waals surface area (Å²) in [6.07, 6.45) is 3.15. The molecule has 0 N–H and O–H groups in total. The Morgan fingerprint density at radius 3 is 2.11 bits per heavy atom. The fourth-order valence-electron chi connectivity index (χ4n) is 3.09. The van der Waals surface area contributed by atoms with E-state index in [9.17, 15) is 8.42 Å². The highest BCUT2D eigenvalue weighted by molar-refractivity contribution is 7.89. The lowest BCUT2D eigenvalue weighted by Crippen LogP contribution is -2.54. The van der Waals surface area contributed by atoms with Gasteiger partial charge in [-0.15, -0.1) is 0 Å². The first kappa shape index (κ1) is 15.2. The Labute approximate surface area is 117 Å². The van der Waals surface area contributed by atoms with E-state index in [0.29, 0.717) is 31.3 Å². The van der Waals surface area contributed by atoms with Crippen LogP contribution < -0.4 is 0 Å². The summed E-state index contributed by atoms with van der Waals surface area (Å²) in [7, 11) is -0.826. The largest absolute Gasteiger partial charge is 0.306 e. The molecule has 2 fully saturated rings. The Hall–Kier alpha value is -0.170. The fraction of sp³-hybridized carbons (Fsp3) is 1.00. The van der Waals surface area contributed by atoms with Crippen LogP contribution in [0.1, 0.15) is 26.2 Å². The second kappa shape index (κ2) is 6.52. The summed E-state index contributed by atoms with van der Waals surface area (Å²) >= 11 is 0. The molecule has 2 saturated heterocycles. The molecule has 0 atom stereocenters. The predicted octanol–water partition coefficient (Wildman–Crippen LogP) is 0.438. The Morgan fingerprint density at radius 1 is 1.00 bits per heavy atom. The van der Waals surface area contributed by atoms with Gasteiger partial charge in [0.05, 0.1) is 5.75 Å². The lowest BCUT2D eigenvalue weighted by molar-refractivity contribution is 0.0892. The third-order valence-electron chi connectivity index (χ3n) is 4.33. The molecule has 0 amide bonds. The van der Waals surface area contributed by atoms with E-state index in [1.165, 1.54) is 25.9 Å². The summed E-state index contributed by atoms with van der Waals surface area (Å²) < 4.78 is 25.7. The van der Waals surface area contributed by atoms with Crippen LogP contribution in [0.25, 0.3) is 0 Å². The molecule has 0 spiro atoms. The van der Waals surface area contributed by atoms with Crippen LogP contribution in [0.15, 0.2) is 0 Å². The number of sulfonamides is 1. The van der Waals surface area contributed by atoms with Gasteiger partial charge in [0.2, 0.25) is 10.0 Å². The van der Waals surface area contributed by atoms with Crippen LogP contribution in [-0.4, -0.2) is 80.6 Å². The number of hydrogen-bond acceptors (Lipinski definition) is 4. The Kier molecular flexibility index (Phi) is 5.22. The fourth-order valence-corrected chi connectivity index (χ4v) is 4.59. The summed E-state index contributed by atoms with van der Waals surface area (Å²) in [4.78, 5) is 4.86. The van der Waals surface area contributed by atoms with Crippen molar-refractivity contribution in [1.82, 2.24) is 14.1 Å². The van der Waals surface area contributed by atoms with Gasteiger partial charge in [0, 0.05) is 32.2 Å². The molecule has 0 saturated carbocycles. The van der Waals surface area contributed by atoms with Gasteiger partial charge in [-0.05, 0) is 39.4 Å². The minimum atomic E-state index is -3.00. The summed E-state index contributed by atoms with van der Waals surface area (Å²) in [5.41, 5.74) is 0. The van der Waals surface area contributed by atoms with Crippen molar-refractivity contribution in [1.29, 1.82) is 0 Å². The first-order valence-corrected chi connectivity index (χ1v) is 9.04. The summed E-state index contributed by atoms with van der Waals surface area (Å²) in [5.74, 6) is 0.293. The highest BCUT2D eigenvalue weighted by Gasteiger charge is 2.30. The molecule has 0 bridgehead atoms. The van der Waals surface area contributed by atoms with Gasteiger partial charge in [0.15, 0.2) is 0 Å². The Bertz CT molecular complexity index is 369. The number of hydrogen-bond donors (Lipinski definition) is 0. The van der Waals surface area contributed by atoms with Crippen LogP contribution in [-0.2, 0) is 10.0 Å². The second-order valence-corrected chi connectivity index (χ2v) is 7.87. The monoisotopic (exact) mass is 289 g/mol. The molecule has 2 heterocycles. The first-order valence-electron chi connectivity index (χ1n) is 7.43. The quantitative estimate of drug-likeness (QED) is 0.753. The summed E-state index contributed by atoms with van der Waals surface area (Å²) in [5, 5.41) is 0.